The molecule has 1 atom stereocenters. The molecule has 0 nitrogen and oxygen atoms in total. The molecule has 0 fully saturated rings. The second kappa shape index (κ2) is 3.32. The lowest BCUT2D eigenvalue weighted by Gasteiger charge is -2.08. The van der Waals surface area contributed by atoms with E-state index in [2.05, 4.69) is 23.1 Å². The van der Waals surface area contributed by atoms with Gasteiger partial charge in [0.25, 0.3) is 0 Å². The molecule has 0 saturated heterocycles. The van der Waals surface area contributed by atoms with E-state index in [1.807, 2.05) is 6.07 Å². The average molecular weight is 170 g/mol. The Morgan fingerprint density at radius 1 is 1.36 bits per heavy atom. The van der Waals surface area contributed by atoms with E-state index < -0.39 is 0 Å². The van der Waals surface area contributed by atoms with E-state index in [0.717, 1.165) is 5.30 Å². The molecule has 0 heterocycles. The molecule has 0 aliphatic carbocycles. The van der Waals surface area contributed by atoms with Crippen LogP contribution in [0.15, 0.2) is 18.2 Å². The van der Waals surface area contributed by atoms with Crippen molar-refractivity contribution in [2.75, 3.05) is 0 Å². The summed E-state index contributed by atoms with van der Waals surface area (Å²) < 4.78 is 12.6. The molecule has 1 aromatic rings. The second-order valence-electron chi connectivity index (χ2n) is 2.93. The van der Waals surface area contributed by atoms with Gasteiger partial charge in [-0.1, -0.05) is 19.9 Å². The van der Waals surface area contributed by atoms with Gasteiger partial charge in [-0.25, -0.2) is 4.39 Å². The maximum absolute atomic E-state index is 12.6. The molecule has 1 aromatic carbocycles. The zero-order chi connectivity index (χ0) is 8.43. The molecule has 0 amide bonds. The minimum Gasteiger partial charge on any atom is -0.207 e. The molecular weight excluding hydrogens is 158 g/mol. The minimum atomic E-state index is -0.167. The Bertz CT molecular complexity index is 256. The van der Waals surface area contributed by atoms with Gasteiger partial charge < -0.3 is 0 Å². The molecule has 0 N–H and O–H groups in total. The van der Waals surface area contributed by atoms with Gasteiger partial charge in [-0.2, -0.15) is 0 Å². The zero-order valence-electron chi connectivity index (χ0n) is 6.76. The van der Waals surface area contributed by atoms with Crippen LogP contribution in [-0.4, -0.2) is 0 Å². The minimum absolute atomic E-state index is 0.167. The van der Waals surface area contributed by atoms with Crippen LogP contribution in [0.3, 0.4) is 0 Å². The van der Waals surface area contributed by atoms with E-state index in [-0.39, 0.29) is 5.82 Å². The standard InChI is InChI=1S/C9H12FP/c1-6(2)8-4-3-7(10)5-9(8)11/h3-6H,11H2,1-2H3. The van der Waals surface area contributed by atoms with Gasteiger partial charge in [0.1, 0.15) is 5.82 Å². The van der Waals surface area contributed by atoms with Gasteiger partial charge in [0.05, 0.1) is 0 Å². The summed E-state index contributed by atoms with van der Waals surface area (Å²) in [5.41, 5.74) is 1.19. The summed E-state index contributed by atoms with van der Waals surface area (Å²) in [5, 5.41) is 0.958. The number of halogens is 1. The second-order valence-corrected chi connectivity index (χ2v) is 3.55. The molecule has 0 aliphatic rings. The van der Waals surface area contributed by atoms with Gasteiger partial charge in [-0.3, -0.25) is 0 Å². The van der Waals surface area contributed by atoms with Crippen molar-refractivity contribution >= 4 is 14.5 Å². The average Bonchev–Trinajstić information content (AvgIpc) is 1.85. The molecule has 0 radical (unpaired) electrons. The Kier molecular flexibility index (Phi) is 2.62. The number of hydrogen-bond donors (Lipinski definition) is 0. The molecule has 11 heavy (non-hydrogen) atoms. The highest BCUT2D eigenvalue weighted by Gasteiger charge is 2.02. The highest BCUT2D eigenvalue weighted by Crippen LogP contribution is 2.14. The first-order valence-electron chi connectivity index (χ1n) is 3.66. The van der Waals surface area contributed by atoms with Crippen LogP contribution in [0.2, 0.25) is 0 Å². The first-order chi connectivity index (χ1) is 5.11. The summed E-state index contributed by atoms with van der Waals surface area (Å²) in [6.07, 6.45) is 0. The van der Waals surface area contributed by atoms with Crippen molar-refractivity contribution in [1.29, 1.82) is 0 Å². The van der Waals surface area contributed by atoms with Crippen LogP contribution in [0.1, 0.15) is 25.3 Å². The van der Waals surface area contributed by atoms with Crippen LogP contribution in [0.25, 0.3) is 0 Å². The van der Waals surface area contributed by atoms with E-state index >= 15 is 0 Å². The SMILES string of the molecule is CC(C)c1ccc(F)cc1P. The van der Waals surface area contributed by atoms with E-state index in [9.17, 15) is 4.39 Å². The Morgan fingerprint density at radius 3 is 2.45 bits per heavy atom. The third-order valence-electron chi connectivity index (χ3n) is 1.67. The maximum Gasteiger partial charge on any atom is 0.123 e. The van der Waals surface area contributed by atoms with Gasteiger partial charge in [-0.15, -0.1) is 9.24 Å². The first kappa shape index (κ1) is 8.67. The lowest BCUT2D eigenvalue weighted by Crippen LogP contribution is -2.03. The highest BCUT2D eigenvalue weighted by atomic mass is 31.0. The van der Waals surface area contributed by atoms with Gasteiger partial charge in [0.2, 0.25) is 0 Å². The van der Waals surface area contributed by atoms with Crippen LogP contribution < -0.4 is 5.30 Å². The normalized spacial score (nSPS) is 10.6. The molecule has 1 unspecified atom stereocenters. The molecule has 0 spiro atoms. The molecular formula is C9H12FP. The zero-order valence-corrected chi connectivity index (χ0v) is 7.92. The predicted octanol–water partition coefficient (Wildman–Crippen LogP) is 2.45. The molecule has 60 valence electrons. The van der Waals surface area contributed by atoms with Crippen molar-refractivity contribution in [2.24, 2.45) is 0 Å². The van der Waals surface area contributed by atoms with Crippen LogP contribution in [0.4, 0.5) is 4.39 Å². The van der Waals surface area contributed by atoms with Gasteiger partial charge in [-0.05, 0) is 28.9 Å². The Hall–Kier alpha value is -0.420. The third-order valence-corrected chi connectivity index (χ3v) is 2.17. The summed E-state index contributed by atoms with van der Waals surface area (Å²) in [6, 6.07) is 4.88. The summed E-state index contributed by atoms with van der Waals surface area (Å²) in [5.74, 6) is 0.294. The molecule has 0 aliphatic heterocycles. The fraction of sp³-hybridized carbons (Fsp3) is 0.333. The van der Waals surface area contributed by atoms with E-state index in [0.29, 0.717) is 5.92 Å². The Morgan fingerprint density at radius 2 is 2.00 bits per heavy atom. The summed E-state index contributed by atoms with van der Waals surface area (Å²) in [6.45, 7) is 4.20. The molecule has 1 rings (SSSR count). The van der Waals surface area contributed by atoms with Crippen molar-refractivity contribution < 1.29 is 4.39 Å². The Labute approximate surface area is 69.0 Å². The van der Waals surface area contributed by atoms with Crippen LogP contribution >= 0.6 is 9.24 Å². The first-order valence-corrected chi connectivity index (χ1v) is 4.24. The quantitative estimate of drug-likeness (QED) is 0.568. The van der Waals surface area contributed by atoms with Crippen molar-refractivity contribution in [3.63, 3.8) is 0 Å². The number of rotatable bonds is 1. The van der Waals surface area contributed by atoms with Gasteiger partial charge in [0, 0.05) is 0 Å². The fourth-order valence-electron chi connectivity index (χ4n) is 1.07. The summed E-state index contributed by atoms with van der Waals surface area (Å²) in [7, 11) is 2.55. The smallest absolute Gasteiger partial charge is 0.123 e. The van der Waals surface area contributed by atoms with Crippen LogP contribution in [0.5, 0.6) is 0 Å². The van der Waals surface area contributed by atoms with Crippen molar-refractivity contribution in [3.05, 3.63) is 29.6 Å². The van der Waals surface area contributed by atoms with Gasteiger partial charge >= 0.3 is 0 Å². The van der Waals surface area contributed by atoms with E-state index in [1.165, 1.54) is 11.6 Å². The molecule has 0 aromatic heterocycles. The summed E-state index contributed by atoms with van der Waals surface area (Å²) in [4.78, 5) is 0. The largest absolute Gasteiger partial charge is 0.207 e. The van der Waals surface area contributed by atoms with Crippen molar-refractivity contribution in [2.45, 2.75) is 19.8 Å². The van der Waals surface area contributed by atoms with Crippen molar-refractivity contribution in [3.8, 4) is 0 Å². The Balaban J connectivity index is 3.09. The highest BCUT2D eigenvalue weighted by molar-refractivity contribution is 7.27. The van der Waals surface area contributed by atoms with Crippen LogP contribution in [0, 0.1) is 5.82 Å². The number of hydrogen-bond acceptors (Lipinski definition) is 0. The monoisotopic (exact) mass is 170 g/mol. The maximum atomic E-state index is 12.6. The van der Waals surface area contributed by atoms with E-state index in [1.54, 1.807) is 6.07 Å². The predicted molar refractivity (Wildman–Crippen MR) is 49.8 cm³/mol. The van der Waals surface area contributed by atoms with E-state index in [4.69, 9.17) is 0 Å². The topological polar surface area (TPSA) is 0 Å². The fourth-order valence-corrected chi connectivity index (χ4v) is 1.66. The lowest BCUT2D eigenvalue weighted by atomic mass is 10.0. The lowest BCUT2D eigenvalue weighted by molar-refractivity contribution is 0.628. The molecule has 0 saturated carbocycles. The van der Waals surface area contributed by atoms with Crippen molar-refractivity contribution in [1.82, 2.24) is 0 Å². The van der Waals surface area contributed by atoms with Gasteiger partial charge in [0.15, 0.2) is 0 Å². The third kappa shape index (κ3) is 2.00. The van der Waals surface area contributed by atoms with Crippen LogP contribution in [-0.2, 0) is 0 Å². The molecule has 2 heteroatoms. The molecule has 0 bridgehead atoms. The number of benzene rings is 1. The summed E-state index contributed by atoms with van der Waals surface area (Å²) >= 11 is 0.